The summed E-state index contributed by atoms with van der Waals surface area (Å²) in [5.41, 5.74) is 0. The first kappa shape index (κ1) is 50.0. The second kappa shape index (κ2) is 37.3. The van der Waals surface area contributed by atoms with E-state index in [-0.39, 0.29) is 19.4 Å². The van der Waals surface area contributed by atoms with Gasteiger partial charge in [0.05, 0.1) is 19.8 Å². The number of hydrogen-bond acceptors (Lipinski definition) is 9. The summed E-state index contributed by atoms with van der Waals surface area (Å²) in [7, 11) is -4.60. The molecule has 0 saturated heterocycles. The molecule has 0 aliphatic rings. The zero-order chi connectivity index (χ0) is 37.7. The molecule has 0 rings (SSSR count). The highest BCUT2D eigenvalue weighted by Gasteiger charge is 2.27. The highest BCUT2D eigenvalue weighted by Crippen LogP contribution is 2.43. The van der Waals surface area contributed by atoms with Crippen molar-refractivity contribution in [2.45, 2.75) is 219 Å². The van der Waals surface area contributed by atoms with Crippen LogP contribution in [0, 0.1) is 0 Å². The molecule has 304 valence electrons. The second-order valence-corrected chi connectivity index (χ2v) is 15.8. The van der Waals surface area contributed by atoms with Gasteiger partial charge in [-0.2, -0.15) is 0 Å². The van der Waals surface area contributed by atoms with Crippen molar-refractivity contribution in [3.63, 3.8) is 0 Å². The van der Waals surface area contributed by atoms with E-state index in [1.807, 2.05) is 0 Å². The third kappa shape index (κ3) is 37.1. The summed E-state index contributed by atoms with van der Waals surface area (Å²) >= 11 is 0. The van der Waals surface area contributed by atoms with Gasteiger partial charge in [0.25, 0.3) is 0 Å². The maximum absolute atomic E-state index is 12.6. The predicted molar refractivity (Wildman–Crippen MR) is 206 cm³/mol. The third-order valence-electron chi connectivity index (χ3n) is 9.26. The smallest absolute Gasteiger partial charge is 0.462 e. The van der Waals surface area contributed by atoms with Gasteiger partial charge in [0.15, 0.2) is 6.10 Å². The first-order valence-corrected chi connectivity index (χ1v) is 22.5. The van der Waals surface area contributed by atoms with Gasteiger partial charge in [-0.15, -0.1) is 0 Å². The Balaban J connectivity index is 4.25. The molecule has 0 aromatic rings. The molecule has 0 radical (unpaired) electrons. The van der Waals surface area contributed by atoms with Crippen LogP contribution in [0.1, 0.15) is 206 Å². The number of ether oxygens (including phenoxy) is 2. The molecule has 10 nitrogen and oxygen atoms in total. The molecule has 51 heavy (non-hydrogen) atoms. The first-order chi connectivity index (χ1) is 24.7. The second-order valence-electron chi connectivity index (χ2n) is 14.4. The van der Waals surface area contributed by atoms with Crippen LogP contribution in [0.5, 0.6) is 0 Å². The van der Waals surface area contributed by atoms with Crippen LogP contribution in [0.3, 0.4) is 0 Å². The molecular formula is C40H79O10P. The van der Waals surface area contributed by atoms with Crippen molar-refractivity contribution in [2.75, 3.05) is 26.4 Å². The molecule has 0 fully saturated rings. The molecular weight excluding hydrogens is 671 g/mol. The first-order valence-electron chi connectivity index (χ1n) is 21.0. The molecule has 11 heteroatoms. The Kier molecular flexibility index (Phi) is 36.5. The molecule has 3 N–H and O–H groups in total. The maximum Gasteiger partial charge on any atom is 0.472 e. The van der Waals surface area contributed by atoms with E-state index in [2.05, 4.69) is 18.4 Å². The van der Waals surface area contributed by atoms with E-state index in [9.17, 15) is 24.2 Å². The average molecular weight is 751 g/mol. The molecule has 0 aromatic carbocycles. The standard InChI is InChI=1S/C40H79O10P/c1-3-5-7-9-11-13-15-17-18-19-20-22-23-25-27-29-31-39(43)47-35-38(36-49-51(45,46)48-34-37(42)33-41)50-40(44)32-30-28-26-24-21-16-14-12-10-8-6-4-2/h37-38,41-42H,3-36H2,1-2H3,(H,45,46)/t37-,38+/m0/s1. The summed E-state index contributed by atoms with van der Waals surface area (Å²) in [4.78, 5) is 34.9. The van der Waals surface area contributed by atoms with Crippen LogP contribution in [0.15, 0.2) is 0 Å². The quantitative estimate of drug-likeness (QED) is 0.0314. The number of phosphoric acid groups is 1. The highest BCUT2D eigenvalue weighted by molar-refractivity contribution is 7.47. The van der Waals surface area contributed by atoms with Gasteiger partial charge in [-0.05, 0) is 12.8 Å². The fourth-order valence-electron chi connectivity index (χ4n) is 5.99. The van der Waals surface area contributed by atoms with Gasteiger partial charge in [-0.1, -0.05) is 181 Å². The molecule has 0 aromatic heterocycles. The van der Waals surface area contributed by atoms with Crippen molar-refractivity contribution in [3.05, 3.63) is 0 Å². The summed E-state index contributed by atoms with van der Waals surface area (Å²) in [6.45, 7) is 2.40. The summed E-state index contributed by atoms with van der Waals surface area (Å²) in [5.74, 6) is -0.911. The van der Waals surface area contributed by atoms with Crippen molar-refractivity contribution in [1.29, 1.82) is 0 Å². The van der Waals surface area contributed by atoms with Crippen molar-refractivity contribution >= 4 is 19.8 Å². The molecule has 0 aliphatic carbocycles. The van der Waals surface area contributed by atoms with Crippen LogP contribution < -0.4 is 0 Å². The molecule has 1 unspecified atom stereocenters. The minimum atomic E-state index is -4.60. The SMILES string of the molecule is CCCCCCCCCCCCCCCCCCC(=O)OC[C@H](COP(=O)(O)OC[C@@H](O)CO)OC(=O)CCCCCCCCCCCCCC. The van der Waals surface area contributed by atoms with E-state index in [0.29, 0.717) is 12.8 Å². The summed E-state index contributed by atoms with van der Waals surface area (Å²) in [6.07, 6.45) is 32.1. The topological polar surface area (TPSA) is 149 Å². The van der Waals surface area contributed by atoms with Crippen molar-refractivity contribution in [3.8, 4) is 0 Å². The van der Waals surface area contributed by atoms with Crippen molar-refractivity contribution < 1.29 is 47.8 Å². The fourth-order valence-corrected chi connectivity index (χ4v) is 6.78. The van der Waals surface area contributed by atoms with E-state index in [1.54, 1.807) is 0 Å². The summed E-state index contributed by atoms with van der Waals surface area (Å²) < 4.78 is 32.7. The molecule has 0 heterocycles. The minimum Gasteiger partial charge on any atom is -0.462 e. The number of aliphatic hydroxyl groups excluding tert-OH is 2. The Morgan fingerprint density at radius 1 is 0.510 bits per heavy atom. The monoisotopic (exact) mass is 751 g/mol. The van der Waals surface area contributed by atoms with Crippen LogP contribution >= 0.6 is 7.82 Å². The normalized spacial score (nSPS) is 13.9. The maximum atomic E-state index is 12.6. The molecule has 3 atom stereocenters. The molecule has 0 spiro atoms. The van der Waals surface area contributed by atoms with Crippen LogP contribution in [0.4, 0.5) is 0 Å². The number of carbonyl (C=O) groups excluding carboxylic acids is 2. The Morgan fingerprint density at radius 2 is 0.843 bits per heavy atom. The zero-order valence-electron chi connectivity index (χ0n) is 32.8. The van der Waals surface area contributed by atoms with E-state index in [4.69, 9.17) is 19.1 Å². The lowest BCUT2D eigenvalue weighted by atomic mass is 10.0. The lowest BCUT2D eigenvalue weighted by molar-refractivity contribution is -0.161. The number of rotatable bonds is 40. The molecule has 0 bridgehead atoms. The Bertz CT molecular complexity index is 827. The van der Waals surface area contributed by atoms with Crippen LogP contribution in [-0.2, 0) is 32.7 Å². The number of esters is 2. The van der Waals surface area contributed by atoms with E-state index < -0.39 is 51.8 Å². The van der Waals surface area contributed by atoms with Gasteiger partial charge >= 0.3 is 19.8 Å². The Morgan fingerprint density at radius 3 is 1.22 bits per heavy atom. The highest BCUT2D eigenvalue weighted by atomic mass is 31.2. The molecule has 0 aliphatic heterocycles. The van der Waals surface area contributed by atoms with E-state index in [0.717, 1.165) is 32.1 Å². The van der Waals surface area contributed by atoms with Gasteiger partial charge in [0, 0.05) is 12.8 Å². The van der Waals surface area contributed by atoms with Crippen molar-refractivity contribution in [1.82, 2.24) is 0 Å². The van der Waals surface area contributed by atoms with Gasteiger partial charge in [0.1, 0.15) is 12.7 Å². The van der Waals surface area contributed by atoms with Gasteiger partial charge in [0.2, 0.25) is 0 Å². The number of unbranched alkanes of at least 4 members (excludes halogenated alkanes) is 26. The lowest BCUT2D eigenvalue weighted by Gasteiger charge is -2.20. The van der Waals surface area contributed by atoms with Crippen molar-refractivity contribution in [2.24, 2.45) is 0 Å². The van der Waals surface area contributed by atoms with Gasteiger partial charge < -0.3 is 24.6 Å². The number of carbonyl (C=O) groups is 2. The number of aliphatic hydroxyl groups is 2. The minimum absolute atomic E-state index is 0.192. The number of phosphoric ester groups is 1. The van der Waals surface area contributed by atoms with Crippen LogP contribution in [0.2, 0.25) is 0 Å². The van der Waals surface area contributed by atoms with E-state index >= 15 is 0 Å². The predicted octanol–water partition coefficient (Wildman–Crippen LogP) is 10.7. The fraction of sp³-hybridized carbons (Fsp3) is 0.950. The lowest BCUT2D eigenvalue weighted by Crippen LogP contribution is -2.29. The van der Waals surface area contributed by atoms with Gasteiger partial charge in [-0.25, -0.2) is 4.57 Å². The Labute approximate surface area is 312 Å². The van der Waals surface area contributed by atoms with Crippen LogP contribution in [0.25, 0.3) is 0 Å². The van der Waals surface area contributed by atoms with Gasteiger partial charge in [-0.3, -0.25) is 18.6 Å². The molecule has 0 amide bonds. The van der Waals surface area contributed by atoms with E-state index in [1.165, 1.54) is 135 Å². The zero-order valence-corrected chi connectivity index (χ0v) is 33.7. The molecule has 0 saturated carbocycles. The largest absolute Gasteiger partial charge is 0.472 e. The summed E-state index contributed by atoms with van der Waals surface area (Å²) in [5, 5.41) is 18.3. The average Bonchev–Trinajstić information content (AvgIpc) is 3.12. The summed E-state index contributed by atoms with van der Waals surface area (Å²) in [6, 6.07) is 0. The number of hydrogen-bond donors (Lipinski definition) is 3. The third-order valence-corrected chi connectivity index (χ3v) is 10.2. The Hall–Kier alpha value is -1.03. The van der Waals surface area contributed by atoms with Crippen LogP contribution in [-0.4, -0.2) is 65.7 Å².